The zero-order valence-corrected chi connectivity index (χ0v) is 9.47. The number of hydrogen-bond donors (Lipinski definition) is 1. The molecule has 88 valence electrons. The lowest BCUT2D eigenvalue weighted by molar-refractivity contribution is 0.509. The molecule has 0 bridgehead atoms. The van der Waals surface area contributed by atoms with E-state index in [0.717, 1.165) is 29.6 Å². The molecule has 0 radical (unpaired) electrons. The molecule has 0 unspecified atom stereocenters. The van der Waals surface area contributed by atoms with Crippen LogP contribution in [-0.2, 0) is 0 Å². The first kappa shape index (κ1) is 10.5. The summed E-state index contributed by atoms with van der Waals surface area (Å²) >= 11 is 1.57. The van der Waals surface area contributed by atoms with Crippen LogP contribution < -0.4 is 5.43 Å². The molecule has 7 heteroatoms. The van der Waals surface area contributed by atoms with Crippen LogP contribution in [0.2, 0.25) is 0 Å². The third kappa shape index (κ3) is 1.76. The maximum Gasteiger partial charge on any atom is 0.210 e. The number of benzene rings is 1. The summed E-state index contributed by atoms with van der Waals surface area (Å²) in [5, 5.41) is 8.69. The highest BCUT2D eigenvalue weighted by Gasteiger charge is 2.18. The van der Waals surface area contributed by atoms with Gasteiger partial charge in [0.25, 0.3) is 0 Å². The average molecular weight is 254 g/mol. The van der Waals surface area contributed by atoms with Gasteiger partial charge in [0, 0.05) is 17.9 Å². The van der Waals surface area contributed by atoms with E-state index in [1.54, 1.807) is 16.4 Å². The van der Waals surface area contributed by atoms with Crippen molar-refractivity contribution in [3.05, 3.63) is 29.8 Å². The summed E-state index contributed by atoms with van der Waals surface area (Å²) in [6.45, 7) is 0.784. The topological polar surface area (TPSA) is 42.7 Å². The van der Waals surface area contributed by atoms with Gasteiger partial charge in [-0.05, 0) is 18.2 Å². The number of nitrogens with zero attached hydrogens (tertiary/aromatic N) is 3. The van der Waals surface area contributed by atoms with Crippen LogP contribution in [0.3, 0.4) is 0 Å². The Balaban J connectivity index is 2.09. The molecule has 1 aliphatic rings. The van der Waals surface area contributed by atoms with Crippen molar-refractivity contribution in [1.29, 1.82) is 0 Å². The van der Waals surface area contributed by atoms with E-state index in [2.05, 4.69) is 15.6 Å². The van der Waals surface area contributed by atoms with Crippen LogP contribution in [0, 0.1) is 11.6 Å². The molecule has 0 fully saturated rings. The van der Waals surface area contributed by atoms with Gasteiger partial charge in [0.15, 0.2) is 17.5 Å². The van der Waals surface area contributed by atoms with Crippen LogP contribution >= 0.6 is 11.8 Å². The van der Waals surface area contributed by atoms with Crippen LogP contribution in [0.5, 0.6) is 0 Å². The highest BCUT2D eigenvalue weighted by atomic mass is 32.2. The van der Waals surface area contributed by atoms with Crippen molar-refractivity contribution in [2.75, 3.05) is 17.7 Å². The number of hydrogen-bond acceptors (Lipinski definition) is 4. The number of nitrogens with one attached hydrogen (secondary N) is 1. The summed E-state index contributed by atoms with van der Waals surface area (Å²) < 4.78 is 27.7. The van der Waals surface area contributed by atoms with Crippen molar-refractivity contribution in [3.8, 4) is 11.4 Å². The van der Waals surface area contributed by atoms with Crippen LogP contribution in [0.25, 0.3) is 11.4 Å². The lowest BCUT2D eigenvalue weighted by Gasteiger charge is -2.16. The van der Waals surface area contributed by atoms with Crippen LogP contribution in [0.1, 0.15) is 0 Å². The first-order chi connectivity index (χ1) is 8.25. The molecule has 0 saturated heterocycles. The van der Waals surface area contributed by atoms with Gasteiger partial charge in [-0.15, -0.1) is 10.2 Å². The average Bonchev–Trinajstić information content (AvgIpc) is 2.76. The number of rotatable bonds is 1. The molecule has 0 spiro atoms. The van der Waals surface area contributed by atoms with E-state index >= 15 is 0 Å². The highest BCUT2D eigenvalue weighted by Crippen LogP contribution is 2.25. The molecule has 1 aromatic heterocycles. The monoisotopic (exact) mass is 254 g/mol. The summed E-state index contributed by atoms with van der Waals surface area (Å²) in [4.78, 5) is 0. The first-order valence-corrected chi connectivity index (χ1v) is 6.02. The Morgan fingerprint density at radius 1 is 1.24 bits per heavy atom. The van der Waals surface area contributed by atoms with Crippen molar-refractivity contribution in [1.82, 2.24) is 14.9 Å². The number of thioether (sulfide) groups is 1. The Morgan fingerprint density at radius 2 is 2.12 bits per heavy atom. The lowest BCUT2D eigenvalue weighted by atomic mass is 10.2. The Hall–Kier alpha value is -1.63. The SMILES string of the molecule is Fc1ccc(-c2nnc3n2NCCS3)cc1F. The molecule has 4 nitrogen and oxygen atoms in total. The van der Waals surface area contributed by atoms with Gasteiger partial charge in [-0.2, -0.15) is 0 Å². The molecule has 1 aromatic carbocycles. The standard InChI is InChI=1S/C10H8F2N4S/c11-7-2-1-6(5-8(7)12)9-14-15-10-16(9)13-3-4-17-10/h1-2,5,13H,3-4H2. The van der Waals surface area contributed by atoms with E-state index in [1.165, 1.54) is 6.07 Å². The van der Waals surface area contributed by atoms with E-state index in [4.69, 9.17) is 0 Å². The fraction of sp³-hybridized carbons (Fsp3) is 0.200. The predicted molar refractivity (Wildman–Crippen MR) is 60.3 cm³/mol. The minimum Gasteiger partial charge on any atom is -0.321 e. The molecule has 0 amide bonds. The fourth-order valence-corrected chi connectivity index (χ4v) is 2.38. The third-order valence-corrected chi connectivity index (χ3v) is 3.34. The second-order valence-electron chi connectivity index (χ2n) is 3.53. The Bertz CT molecular complexity index is 569. The van der Waals surface area contributed by atoms with Crippen molar-refractivity contribution < 1.29 is 8.78 Å². The fourth-order valence-electron chi connectivity index (χ4n) is 1.63. The van der Waals surface area contributed by atoms with E-state index < -0.39 is 11.6 Å². The molecule has 1 N–H and O–H groups in total. The Morgan fingerprint density at radius 3 is 2.94 bits per heavy atom. The summed E-state index contributed by atoms with van der Waals surface area (Å²) in [5.41, 5.74) is 3.60. The largest absolute Gasteiger partial charge is 0.321 e. The number of aromatic nitrogens is 3. The summed E-state index contributed by atoms with van der Waals surface area (Å²) in [6.07, 6.45) is 0. The van der Waals surface area contributed by atoms with Gasteiger partial charge in [0.05, 0.1) is 0 Å². The van der Waals surface area contributed by atoms with Crippen LogP contribution in [0.4, 0.5) is 8.78 Å². The predicted octanol–water partition coefficient (Wildman–Crippen LogP) is 1.87. The van der Waals surface area contributed by atoms with E-state index in [9.17, 15) is 8.78 Å². The molecular formula is C10H8F2N4S. The third-order valence-electron chi connectivity index (χ3n) is 2.41. The van der Waals surface area contributed by atoms with Crippen molar-refractivity contribution in [2.45, 2.75) is 5.16 Å². The quantitative estimate of drug-likeness (QED) is 0.843. The van der Waals surface area contributed by atoms with Gasteiger partial charge in [0.2, 0.25) is 5.16 Å². The van der Waals surface area contributed by atoms with Gasteiger partial charge in [-0.25, -0.2) is 13.5 Å². The normalized spacial score (nSPS) is 14.2. The van der Waals surface area contributed by atoms with Gasteiger partial charge in [0.1, 0.15) is 0 Å². The minimum atomic E-state index is -0.886. The van der Waals surface area contributed by atoms with E-state index in [0.29, 0.717) is 11.4 Å². The van der Waals surface area contributed by atoms with Crippen molar-refractivity contribution in [3.63, 3.8) is 0 Å². The molecule has 0 saturated carbocycles. The second-order valence-corrected chi connectivity index (χ2v) is 4.59. The van der Waals surface area contributed by atoms with Gasteiger partial charge < -0.3 is 5.43 Å². The molecule has 0 atom stereocenters. The van der Waals surface area contributed by atoms with Gasteiger partial charge >= 0.3 is 0 Å². The van der Waals surface area contributed by atoms with Crippen LogP contribution in [-0.4, -0.2) is 27.2 Å². The van der Waals surface area contributed by atoms with Gasteiger partial charge in [-0.3, -0.25) is 0 Å². The smallest absolute Gasteiger partial charge is 0.210 e. The number of halogens is 2. The molecule has 0 aliphatic carbocycles. The van der Waals surface area contributed by atoms with Crippen LogP contribution in [0.15, 0.2) is 23.4 Å². The summed E-state index contributed by atoms with van der Waals surface area (Å²) in [7, 11) is 0. The Kier molecular flexibility index (Phi) is 2.47. The van der Waals surface area contributed by atoms with E-state index in [-0.39, 0.29) is 0 Å². The zero-order valence-electron chi connectivity index (χ0n) is 8.65. The summed E-state index contributed by atoms with van der Waals surface area (Å²) in [6, 6.07) is 3.69. The lowest BCUT2D eigenvalue weighted by Crippen LogP contribution is -2.23. The highest BCUT2D eigenvalue weighted by molar-refractivity contribution is 7.99. The summed E-state index contributed by atoms with van der Waals surface area (Å²) in [5.74, 6) is -0.348. The molecule has 3 rings (SSSR count). The Labute approximate surface area is 100 Å². The molecular weight excluding hydrogens is 246 g/mol. The van der Waals surface area contributed by atoms with Crippen molar-refractivity contribution >= 4 is 11.8 Å². The van der Waals surface area contributed by atoms with Crippen molar-refractivity contribution in [2.24, 2.45) is 0 Å². The molecule has 17 heavy (non-hydrogen) atoms. The number of fused-ring (bicyclic) bond motifs is 1. The molecule has 2 heterocycles. The minimum absolute atomic E-state index is 0.492. The van der Waals surface area contributed by atoms with E-state index in [1.807, 2.05) is 0 Å². The first-order valence-electron chi connectivity index (χ1n) is 5.03. The van der Waals surface area contributed by atoms with Gasteiger partial charge in [-0.1, -0.05) is 11.8 Å². The maximum absolute atomic E-state index is 13.1. The molecule has 2 aromatic rings. The maximum atomic E-state index is 13.1. The molecule has 1 aliphatic heterocycles. The zero-order chi connectivity index (χ0) is 11.8. The second kappa shape index (κ2) is 3.99.